The Morgan fingerprint density at radius 2 is 1.47 bits per heavy atom. The average molecular weight is 720 g/mol. The second-order valence-corrected chi connectivity index (χ2v) is 14.3. The number of likely N-dealkylation sites (tertiary alicyclic amines) is 1. The van der Waals surface area contributed by atoms with E-state index in [-0.39, 0.29) is 31.3 Å². The standard InChI is InChI=1S/C44H53N3O6/c1-31-40(29-47-25-11-4-3-5-12-26-47)52-43(53-41(31)35-19-17-33(30-48)18-20-35)36-23-21-34(22-24-36)38-16-10-9-15-37(38)28-45-44(50)46-39(42(49)51-2)27-32-13-7-6-8-14-32/h6-10,13-24,31,39-41,43,48H,3-5,11-12,25-30H2,1-2H3,(H2,45,46,50). The Hall–Kier alpha value is -4.54. The molecular formula is C44H53N3O6. The van der Waals surface area contributed by atoms with Gasteiger partial charge in [-0.3, -0.25) is 0 Å². The van der Waals surface area contributed by atoms with E-state index in [0.29, 0.717) is 6.42 Å². The lowest BCUT2D eigenvalue weighted by atomic mass is 9.89. The fourth-order valence-electron chi connectivity index (χ4n) is 7.42. The van der Waals surface area contributed by atoms with E-state index in [9.17, 15) is 14.7 Å². The summed E-state index contributed by atoms with van der Waals surface area (Å²) in [7, 11) is 1.32. The van der Waals surface area contributed by atoms with Crippen molar-refractivity contribution in [2.75, 3.05) is 26.7 Å². The van der Waals surface area contributed by atoms with E-state index in [4.69, 9.17) is 14.2 Å². The molecule has 3 N–H and O–H groups in total. The molecule has 0 spiro atoms. The monoisotopic (exact) mass is 719 g/mol. The molecule has 0 aromatic heterocycles. The number of nitrogens with one attached hydrogen (secondary N) is 2. The Labute approximate surface area is 313 Å². The summed E-state index contributed by atoms with van der Waals surface area (Å²) in [6.07, 6.45) is 5.94. The first-order valence-electron chi connectivity index (χ1n) is 19.0. The Morgan fingerprint density at radius 1 is 0.811 bits per heavy atom. The fourth-order valence-corrected chi connectivity index (χ4v) is 7.42. The summed E-state index contributed by atoms with van der Waals surface area (Å²) < 4.78 is 18.5. The first-order chi connectivity index (χ1) is 25.9. The molecule has 9 heteroatoms. The van der Waals surface area contributed by atoms with Crippen molar-refractivity contribution >= 4 is 12.0 Å². The zero-order valence-electron chi connectivity index (χ0n) is 30.9. The van der Waals surface area contributed by atoms with Crippen molar-refractivity contribution in [2.45, 2.75) is 83.1 Å². The van der Waals surface area contributed by atoms with Gasteiger partial charge in [0.05, 0.1) is 25.9 Å². The zero-order valence-corrected chi connectivity index (χ0v) is 30.9. The number of benzene rings is 4. The summed E-state index contributed by atoms with van der Waals surface area (Å²) in [5, 5.41) is 15.3. The third kappa shape index (κ3) is 10.3. The SMILES string of the molecule is COC(=O)C(Cc1ccccc1)NC(=O)NCc1ccccc1-c1ccc(C2OC(CN3CCCCCCC3)C(C)C(c3ccc(CO)cc3)O2)cc1. The first kappa shape index (κ1) is 38.2. The average Bonchev–Trinajstić information content (AvgIpc) is 3.19. The van der Waals surface area contributed by atoms with Gasteiger partial charge in [0, 0.05) is 31.0 Å². The number of carbonyl (C=O) groups excluding carboxylic acids is 2. The Balaban J connectivity index is 1.15. The van der Waals surface area contributed by atoms with Crippen LogP contribution in [0.25, 0.3) is 11.1 Å². The van der Waals surface area contributed by atoms with Gasteiger partial charge in [-0.25, -0.2) is 9.59 Å². The van der Waals surface area contributed by atoms with E-state index >= 15 is 0 Å². The fraction of sp³-hybridized carbons (Fsp3) is 0.409. The molecule has 2 aliphatic heterocycles. The Morgan fingerprint density at radius 3 is 2.17 bits per heavy atom. The number of methoxy groups -OCH3 is 1. The van der Waals surface area contributed by atoms with Gasteiger partial charge in [-0.2, -0.15) is 0 Å². The molecule has 0 aliphatic carbocycles. The van der Waals surface area contributed by atoms with Crippen LogP contribution in [0.3, 0.4) is 0 Å². The molecule has 0 radical (unpaired) electrons. The molecule has 0 saturated carbocycles. The summed E-state index contributed by atoms with van der Waals surface area (Å²) >= 11 is 0. The number of amides is 2. The highest BCUT2D eigenvalue weighted by atomic mass is 16.7. The van der Waals surface area contributed by atoms with Gasteiger partial charge in [0.25, 0.3) is 0 Å². The molecule has 6 rings (SSSR count). The molecule has 2 saturated heterocycles. The van der Waals surface area contributed by atoms with Crippen LogP contribution in [0.15, 0.2) is 103 Å². The summed E-state index contributed by atoms with van der Waals surface area (Å²) in [6, 6.07) is 32.6. The van der Waals surface area contributed by atoms with Gasteiger partial charge in [-0.1, -0.05) is 129 Å². The highest BCUT2D eigenvalue weighted by Crippen LogP contribution is 2.42. The van der Waals surface area contributed by atoms with Crippen molar-refractivity contribution in [2.24, 2.45) is 5.92 Å². The minimum absolute atomic E-state index is 0.00797. The van der Waals surface area contributed by atoms with Crippen molar-refractivity contribution in [1.82, 2.24) is 15.5 Å². The number of aliphatic hydroxyl groups is 1. The number of carbonyl (C=O) groups is 2. The lowest BCUT2D eigenvalue weighted by molar-refractivity contribution is -0.276. The van der Waals surface area contributed by atoms with Gasteiger partial charge in [-0.15, -0.1) is 0 Å². The number of hydrogen-bond acceptors (Lipinski definition) is 7. The van der Waals surface area contributed by atoms with Crippen molar-refractivity contribution in [3.63, 3.8) is 0 Å². The van der Waals surface area contributed by atoms with Crippen molar-refractivity contribution < 1.29 is 28.9 Å². The second kappa shape index (κ2) is 19.0. The van der Waals surface area contributed by atoms with Gasteiger partial charge >= 0.3 is 12.0 Å². The van der Waals surface area contributed by atoms with Crippen LogP contribution in [0.2, 0.25) is 0 Å². The second-order valence-electron chi connectivity index (χ2n) is 14.3. The summed E-state index contributed by atoms with van der Waals surface area (Å²) in [5.41, 5.74) is 6.75. The number of aliphatic hydroxyl groups excluding tert-OH is 1. The molecule has 53 heavy (non-hydrogen) atoms. The molecule has 4 aromatic carbocycles. The maximum Gasteiger partial charge on any atom is 0.328 e. The molecular weight excluding hydrogens is 666 g/mol. The maximum atomic E-state index is 13.0. The molecule has 4 aromatic rings. The summed E-state index contributed by atoms with van der Waals surface area (Å²) in [6.45, 7) is 5.56. The van der Waals surface area contributed by atoms with Crippen molar-refractivity contribution in [3.05, 3.63) is 131 Å². The third-order valence-corrected chi connectivity index (χ3v) is 10.5. The molecule has 0 bridgehead atoms. The molecule has 2 aliphatic rings. The van der Waals surface area contributed by atoms with Crippen molar-refractivity contribution in [1.29, 1.82) is 0 Å². The van der Waals surface area contributed by atoms with Gasteiger partial charge in [0.15, 0.2) is 6.29 Å². The number of esters is 1. The van der Waals surface area contributed by atoms with Crippen LogP contribution >= 0.6 is 0 Å². The molecule has 2 fully saturated rings. The topological polar surface area (TPSA) is 109 Å². The molecule has 2 amide bonds. The van der Waals surface area contributed by atoms with E-state index in [0.717, 1.165) is 58.6 Å². The number of nitrogens with zero attached hydrogens (tertiary/aromatic N) is 1. The van der Waals surface area contributed by atoms with E-state index in [1.54, 1.807) is 0 Å². The Kier molecular flexibility index (Phi) is 13.7. The number of urea groups is 1. The third-order valence-electron chi connectivity index (χ3n) is 10.5. The molecule has 5 unspecified atom stereocenters. The van der Waals surface area contributed by atoms with Crippen LogP contribution in [0, 0.1) is 5.92 Å². The van der Waals surface area contributed by atoms with Gasteiger partial charge in [0.1, 0.15) is 6.04 Å². The largest absolute Gasteiger partial charge is 0.467 e. The quantitative estimate of drug-likeness (QED) is 0.130. The number of hydrogen-bond donors (Lipinski definition) is 3. The van der Waals surface area contributed by atoms with E-state index in [2.05, 4.69) is 58.9 Å². The van der Waals surface area contributed by atoms with Gasteiger partial charge in [0.2, 0.25) is 0 Å². The molecule has 280 valence electrons. The van der Waals surface area contributed by atoms with Crippen LogP contribution in [-0.4, -0.2) is 60.9 Å². The summed E-state index contributed by atoms with van der Waals surface area (Å²) in [4.78, 5) is 28.0. The van der Waals surface area contributed by atoms with E-state index < -0.39 is 24.3 Å². The lowest BCUT2D eigenvalue weighted by Gasteiger charge is -2.43. The summed E-state index contributed by atoms with van der Waals surface area (Å²) in [5.74, 6) is -0.367. The highest BCUT2D eigenvalue weighted by Gasteiger charge is 2.39. The van der Waals surface area contributed by atoms with Crippen LogP contribution in [-0.2, 0) is 38.6 Å². The number of rotatable bonds is 12. The lowest BCUT2D eigenvalue weighted by Crippen LogP contribution is -2.47. The maximum absolute atomic E-state index is 13.0. The van der Waals surface area contributed by atoms with Crippen LogP contribution in [0.5, 0.6) is 0 Å². The predicted octanol–water partition coefficient (Wildman–Crippen LogP) is 7.49. The Bertz CT molecular complexity index is 1740. The molecule has 5 atom stereocenters. The number of ether oxygens (including phenoxy) is 3. The minimum atomic E-state index is -0.814. The normalized spacial score (nSPS) is 21.5. The highest BCUT2D eigenvalue weighted by molar-refractivity contribution is 5.84. The van der Waals surface area contributed by atoms with Crippen LogP contribution in [0.4, 0.5) is 4.79 Å². The van der Waals surface area contributed by atoms with Gasteiger partial charge < -0.3 is 34.9 Å². The predicted molar refractivity (Wildman–Crippen MR) is 206 cm³/mol. The smallest absolute Gasteiger partial charge is 0.328 e. The van der Waals surface area contributed by atoms with Crippen LogP contribution in [0.1, 0.15) is 79.2 Å². The van der Waals surface area contributed by atoms with Gasteiger partial charge in [-0.05, 0) is 59.3 Å². The van der Waals surface area contributed by atoms with Crippen LogP contribution < -0.4 is 10.6 Å². The molecule has 2 heterocycles. The first-order valence-corrected chi connectivity index (χ1v) is 19.0. The zero-order chi connectivity index (χ0) is 37.0. The van der Waals surface area contributed by atoms with E-state index in [1.165, 1.54) is 39.2 Å². The minimum Gasteiger partial charge on any atom is -0.467 e. The van der Waals surface area contributed by atoms with Crippen molar-refractivity contribution in [3.8, 4) is 11.1 Å². The molecule has 9 nitrogen and oxygen atoms in total. The van der Waals surface area contributed by atoms with E-state index in [1.807, 2.05) is 66.7 Å².